The van der Waals surface area contributed by atoms with Crippen molar-refractivity contribution in [3.63, 3.8) is 0 Å². The number of aromatic nitrogens is 1. The molecule has 1 aliphatic rings. The highest BCUT2D eigenvalue weighted by molar-refractivity contribution is 7.11. The number of carbonyl (C=O) groups is 2. The zero-order valence-electron chi connectivity index (χ0n) is 19.6. The Kier molecular flexibility index (Phi) is 9.46. The van der Waals surface area contributed by atoms with Gasteiger partial charge >= 0.3 is 5.97 Å². The largest absolute Gasteiger partial charge is 0.497 e. The number of anilines is 1. The van der Waals surface area contributed by atoms with Crippen LogP contribution in [0.4, 0.5) is 9.39 Å². The molecule has 1 aromatic carbocycles. The Hall–Kier alpha value is -2.92. The Morgan fingerprint density at radius 3 is 2.59 bits per heavy atom. The molecule has 0 unspecified atom stereocenters. The fourth-order valence-corrected chi connectivity index (χ4v) is 4.44. The van der Waals surface area contributed by atoms with Crippen LogP contribution in [0.25, 0.3) is 0 Å². The lowest BCUT2D eigenvalue weighted by Crippen LogP contribution is -2.21. The van der Waals surface area contributed by atoms with Crippen LogP contribution in [-0.4, -0.2) is 62.1 Å². The van der Waals surface area contributed by atoms with Gasteiger partial charge in [-0.1, -0.05) is 0 Å². The number of esters is 1. The topological polar surface area (TPSA) is 99.2 Å². The van der Waals surface area contributed by atoms with Crippen molar-refractivity contribution in [1.82, 2.24) is 9.27 Å². The van der Waals surface area contributed by atoms with Gasteiger partial charge in [-0.05, 0) is 62.9 Å². The van der Waals surface area contributed by atoms with Crippen molar-refractivity contribution >= 4 is 28.4 Å². The molecule has 2 heterocycles. The molecule has 1 N–H and O–H groups in total. The van der Waals surface area contributed by atoms with E-state index in [9.17, 15) is 14.0 Å². The van der Waals surface area contributed by atoms with E-state index < -0.39 is 11.8 Å². The van der Waals surface area contributed by atoms with Gasteiger partial charge in [-0.25, -0.2) is 9.18 Å². The SMILES string of the molecule is COC(=O)c1c(OCc2cc(OC)cc(OC)c2F)nsc1NC(=O)CCCCN1CCCC1. The number of benzene rings is 1. The maximum atomic E-state index is 14.6. The molecule has 1 aromatic heterocycles. The smallest absolute Gasteiger partial charge is 0.346 e. The molecule has 11 heteroatoms. The van der Waals surface area contributed by atoms with Gasteiger partial charge in [0.15, 0.2) is 17.1 Å². The van der Waals surface area contributed by atoms with Gasteiger partial charge in [0.05, 0.1) is 21.3 Å². The van der Waals surface area contributed by atoms with Crippen LogP contribution in [0.2, 0.25) is 0 Å². The standard InChI is InChI=1S/C23H30FN3O6S/c1-30-16-12-15(20(24)17(13-16)31-2)14-33-21-19(23(29)32-3)22(34-26-21)25-18(28)8-4-5-9-27-10-6-7-11-27/h12-13H,4-11,14H2,1-3H3,(H,25,28). The van der Waals surface area contributed by atoms with Crippen LogP contribution in [0, 0.1) is 5.82 Å². The molecule has 1 saturated heterocycles. The van der Waals surface area contributed by atoms with E-state index >= 15 is 0 Å². The fourth-order valence-electron chi connectivity index (χ4n) is 3.70. The quantitative estimate of drug-likeness (QED) is 0.350. The molecule has 1 fully saturated rings. The van der Waals surface area contributed by atoms with E-state index in [1.165, 1.54) is 46.3 Å². The molecule has 9 nitrogen and oxygen atoms in total. The van der Waals surface area contributed by atoms with Crippen molar-refractivity contribution < 1.29 is 32.9 Å². The highest BCUT2D eigenvalue weighted by Gasteiger charge is 2.25. The Bertz CT molecular complexity index is 993. The second kappa shape index (κ2) is 12.5. The fraction of sp³-hybridized carbons (Fsp3) is 0.522. The molecule has 1 aliphatic heterocycles. The number of methoxy groups -OCH3 is 3. The van der Waals surface area contributed by atoms with Gasteiger partial charge in [-0.2, -0.15) is 4.37 Å². The zero-order chi connectivity index (χ0) is 24.5. The average Bonchev–Trinajstić information content (AvgIpc) is 3.50. The lowest BCUT2D eigenvalue weighted by molar-refractivity contribution is -0.116. The molecule has 34 heavy (non-hydrogen) atoms. The predicted octanol–water partition coefficient (Wildman–Crippen LogP) is 3.87. The van der Waals surface area contributed by atoms with Gasteiger partial charge in [0.2, 0.25) is 11.8 Å². The molecule has 0 atom stereocenters. The van der Waals surface area contributed by atoms with Crippen molar-refractivity contribution in [2.45, 2.75) is 38.7 Å². The number of hydrogen-bond donors (Lipinski definition) is 1. The summed E-state index contributed by atoms with van der Waals surface area (Å²) in [5, 5.41) is 2.96. The van der Waals surface area contributed by atoms with Crippen LogP contribution in [0.1, 0.15) is 48.0 Å². The van der Waals surface area contributed by atoms with Gasteiger partial charge < -0.3 is 29.2 Å². The minimum atomic E-state index is -0.711. The molecule has 186 valence electrons. The Morgan fingerprint density at radius 1 is 1.15 bits per heavy atom. The van der Waals surface area contributed by atoms with E-state index in [1.54, 1.807) is 0 Å². The lowest BCUT2D eigenvalue weighted by Gasteiger charge is -2.13. The number of halogens is 1. The van der Waals surface area contributed by atoms with E-state index in [4.69, 9.17) is 18.9 Å². The number of rotatable bonds is 12. The van der Waals surface area contributed by atoms with Crippen molar-refractivity contribution in [3.05, 3.63) is 29.1 Å². The second-order valence-corrected chi connectivity index (χ2v) is 8.60. The molecule has 3 rings (SSSR count). The molecular formula is C23H30FN3O6S. The minimum Gasteiger partial charge on any atom is -0.497 e. The third kappa shape index (κ3) is 6.57. The van der Waals surface area contributed by atoms with Crippen molar-refractivity contribution in [3.8, 4) is 17.4 Å². The van der Waals surface area contributed by atoms with Crippen molar-refractivity contribution in [1.29, 1.82) is 0 Å². The first kappa shape index (κ1) is 25.7. The predicted molar refractivity (Wildman–Crippen MR) is 125 cm³/mol. The third-order valence-corrected chi connectivity index (χ3v) is 6.28. The van der Waals surface area contributed by atoms with Crippen LogP contribution < -0.4 is 19.5 Å². The monoisotopic (exact) mass is 495 g/mol. The number of amides is 1. The summed E-state index contributed by atoms with van der Waals surface area (Å²) in [5.74, 6) is -1.20. The number of ether oxygens (including phenoxy) is 4. The first-order chi connectivity index (χ1) is 16.5. The van der Waals surface area contributed by atoms with Gasteiger partial charge in [0.25, 0.3) is 0 Å². The van der Waals surface area contributed by atoms with E-state index in [0.717, 1.165) is 44.0 Å². The summed E-state index contributed by atoms with van der Waals surface area (Å²) in [5.41, 5.74) is 0.150. The van der Waals surface area contributed by atoms with E-state index in [1.807, 2.05) is 0 Å². The zero-order valence-corrected chi connectivity index (χ0v) is 20.5. The lowest BCUT2D eigenvalue weighted by atomic mass is 10.2. The van der Waals surface area contributed by atoms with Crippen LogP contribution in [0.15, 0.2) is 12.1 Å². The molecule has 0 aliphatic carbocycles. The normalized spacial score (nSPS) is 13.5. The number of carbonyl (C=O) groups excluding carboxylic acids is 2. The first-order valence-corrected chi connectivity index (χ1v) is 11.9. The van der Waals surface area contributed by atoms with Crippen LogP contribution >= 0.6 is 11.5 Å². The Morgan fingerprint density at radius 2 is 1.91 bits per heavy atom. The highest BCUT2D eigenvalue weighted by atomic mass is 32.1. The van der Waals surface area contributed by atoms with Crippen LogP contribution in [0.5, 0.6) is 17.4 Å². The summed E-state index contributed by atoms with van der Waals surface area (Å²) in [4.78, 5) is 27.2. The van der Waals surface area contributed by atoms with Gasteiger partial charge in [0, 0.05) is 18.1 Å². The number of likely N-dealkylation sites (tertiary alicyclic amines) is 1. The molecule has 0 saturated carbocycles. The van der Waals surface area contributed by atoms with Gasteiger partial charge in [-0.15, -0.1) is 0 Å². The second-order valence-electron chi connectivity index (χ2n) is 7.83. The molecule has 0 spiro atoms. The molecule has 1 amide bonds. The highest BCUT2D eigenvalue weighted by Crippen LogP contribution is 2.33. The van der Waals surface area contributed by atoms with Crippen LogP contribution in [-0.2, 0) is 16.1 Å². The Balaban J connectivity index is 1.63. The summed E-state index contributed by atoms with van der Waals surface area (Å²) < 4.78 is 39.4. The number of nitrogens with zero attached hydrogens (tertiary/aromatic N) is 2. The molecular weight excluding hydrogens is 465 g/mol. The van der Waals surface area contributed by atoms with Crippen molar-refractivity contribution in [2.75, 3.05) is 46.3 Å². The van der Waals surface area contributed by atoms with Gasteiger partial charge in [0.1, 0.15) is 17.4 Å². The number of hydrogen-bond acceptors (Lipinski definition) is 9. The summed E-state index contributed by atoms with van der Waals surface area (Å²) >= 11 is 0.903. The molecule has 0 radical (unpaired) electrons. The van der Waals surface area contributed by atoms with E-state index in [2.05, 4.69) is 14.6 Å². The van der Waals surface area contributed by atoms with Crippen LogP contribution in [0.3, 0.4) is 0 Å². The third-order valence-electron chi connectivity index (χ3n) is 5.54. The summed E-state index contributed by atoms with van der Waals surface area (Å²) in [6.45, 7) is 3.01. The van der Waals surface area contributed by atoms with E-state index in [0.29, 0.717) is 12.2 Å². The number of nitrogens with one attached hydrogen (secondary N) is 1. The minimum absolute atomic E-state index is 0.00195. The summed E-state index contributed by atoms with van der Waals surface area (Å²) in [7, 11) is 4.02. The molecule has 0 bridgehead atoms. The first-order valence-electron chi connectivity index (χ1n) is 11.1. The average molecular weight is 496 g/mol. The van der Waals surface area contributed by atoms with Crippen molar-refractivity contribution in [2.24, 2.45) is 0 Å². The Labute approximate surface area is 202 Å². The number of unbranched alkanes of at least 4 members (excludes halogenated alkanes) is 1. The summed E-state index contributed by atoms with van der Waals surface area (Å²) in [6.07, 6.45) is 4.49. The molecule has 2 aromatic rings. The van der Waals surface area contributed by atoms with Gasteiger partial charge in [-0.3, -0.25) is 4.79 Å². The summed E-state index contributed by atoms with van der Waals surface area (Å²) in [6, 6.07) is 2.88. The maximum absolute atomic E-state index is 14.6. The van der Waals surface area contributed by atoms with E-state index in [-0.39, 0.29) is 40.3 Å². The maximum Gasteiger partial charge on any atom is 0.346 e.